The number of nitrogens with zero attached hydrogens (tertiary/aromatic N) is 2. The van der Waals surface area contributed by atoms with Gasteiger partial charge < -0.3 is 5.73 Å². The van der Waals surface area contributed by atoms with E-state index < -0.39 is 0 Å². The molecule has 3 atom stereocenters. The fourth-order valence-corrected chi connectivity index (χ4v) is 3.06. The first kappa shape index (κ1) is 12.6. The van der Waals surface area contributed by atoms with Gasteiger partial charge in [0.15, 0.2) is 0 Å². The van der Waals surface area contributed by atoms with Gasteiger partial charge in [-0.05, 0) is 57.4 Å². The van der Waals surface area contributed by atoms with Gasteiger partial charge >= 0.3 is 0 Å². The minimum absolute atomic E-state index is 0.381. The van der Waals surface area contributed by atoms with Crippen LogP contribution >= 0.6 is 0 Å². The molecule has 1 fully saturated rings. The van der Waals surface area contributed by atoms with E-state index in [-0.39, 0.29) is 0 Å². The van der Waals surface area contributed by atoms with Crippen LogP contribution in [0.2, 0.25) is 0 Å². The molecule has 2 N–H and O–H groups in total. The molecule has 2 rings (SSSR count). The molecule has 0 aromatic carbocycles. The van der Waals surface area contributed by atoms with Crippen molar-refractivity contribution in [2.24, 2.45) is 17.6 Å². The van der Waals surface area contributed by atoms with E-state index >= 15 is 0 Å². The maximum Gasteiger partial charge on any atom is 0.0596 e. The molecular weight excluding hydrogens is 210 g/mol. The normalized spacial score (nSPS) is 29.5. The third-order valence-corrected chi connectivity index (χ3v) is 4.06. The van der Waals surface area contributed by atoms with Gasteiger partial charge in [-0.25, -0.2) is 0 Å². The molecule has 0 bridgehead atoms. The Balaban J connectivity index is 2.08. The van der Waals surface area contributed by atoms with Gasteiger partial charge in [-0.15, -0.1) is 0 Å². The second-order valence-corrected chi connectivity index (χ2v) is 5.64. The predicted molar refractivity (Wildman–Crippen MR) is 70.8 cm³/mol. The van der Waals surface area contributed by atoms with Gasteiger partial charge in [0.25, 0.3) is 0 Å². The summed E-state index contributed by atoms with van der Waals surface area (Å²) in [5.41, 5.74) is 8.74. The monoisotopic (exact) mass is 235 g/mol. The quantitative estimate of drug-likeness (QED) is 0.875. The fourth-order valence-electron chi connectivity index (χ4n) is 3.06. The second-order valence-electron chi connectivity index (χ2n) is 5.64. The molecule has 3 heteroatoms. The summed E-state index contributed by atoms with van der Waals surface area (Å²) >= 11 is 0. The third kappa shape index (κ3) is 2.89. The van der Waals surface area contributed by atoms with Gasteiger partial charge in [-0.3, -0.25) is 4.68 Å². The number of hydrogen-bond acceptors (Lipinski definition) is 2. The molecule has 1 aromatic heterocycles. The van der Waals surface area contributed by atoms with Gasteiger partial charge in [0, 0.05) is 18.3 Å². The Morgan fingerprint density at radius 2 is 2.24 bits per heavy atom. The average Bonchev–Trinajstić information content (AvgIpc) is 2.64. The number of aryl methyl sites for hydroxylation is 2. The Bertz CT molecular complexity index is 370. The minimum Gasteiger partial charge on any atom is -0.327 e. The van der Waals surface area contributed by atoms with Crippen molar-refractivity contribution in [3.05, 3.63) is 17.5 Å². The van der Waals surface area contributed by atoms with Crippen LogP contribution in [0.3, 0.4) is 0 Å². The topological polar surface area (TPSA) is 43.8 Å². The summed E-state index contributed by atoms with van der Waals surface area (Å²) in [6.45, 7) is 7.53. The van der Waals surface area contributed by atoms with Crippen LogP contribution in [-0.4, -0.2) is 15.8 Å². The van der Waals surface area contributed by atoms with Gasteiger partial charge in [0.05, 0.1) is 5.69 Å². The first-order chi connectivity index (χ1) is 8.10. The van der Waals surface area contributed by atoms with Crippen LogP contribution in [-0.2, 0) is 13.0 Å². The van der Waals surface area contributed by atoms with Crippen LogP contribution in [0.4, 0.5) is 0 Å². The van der Waals surface area contributed by atoms with Gasteiger partial charge in [0.2, 0.25) is 0 Å². The number of nitrogens with two attached hydrogens (primary N) is 1. The van der Waals surface area contributed by atoms with Crippen molar-refractivity contribution in [2.45, 2.75) is 59.0 Å². The smallest absolute Gasteiger partial charge is 0.0596 e. The maximum absolute atomic E-state index is 6.26. The standard InChI is InChI=1S/C14H25N3/c1-4-17-13(8-11(3)16-17)9-12-7-10(2)5-6-14(12)15/h8,10,12,14H,4-7,9,15H2,1-3H3. The van der Waals surface area contributed by atoms with Crippen molar-refractivity contribution in [3.8, 4) is 0 Å². The van der Waals surface area contributed by atoms with Crippen LogP contribution < -0.4 is 5.73 Å². The molecule has 1 aromatic rings. The zero-order valence-corrected chi connectivity index (χ0v) is 11.3. The lowest BCUT2D eigenvalue weighted by Crippen LogP contribution is -2.37. The van der Waals surface area contributed by atoms with E-state index in [2.05, 4.69) is 36.6 Å². The zero-order valence-electron chi connectivity index (χ0n) is 11.3. The van der Waals surface area contributed by atoms with Gasteiger partial charge in [0.1, 0.15) is 0 Å². The second kappa shape index (κ2) is 5.21. The number of aromatic nitrogens is 2. The van der Waals surface area contributed by atoms with Crippen molar-refractivity contribution in [1.82, 2.24) is 9.78 Å². The van der Waals surface area contributed by atoms with Crippen LogP contribution in [0.15, 0.2) is 6.07 Å². The van der Waals surface area contributed by atoms with Crippen LogP contribution in [0.25, 0.3) is 0 Å². The summed E-state index contributed by atoms with van der Waals surface area (Å²) in [4.78, 5) is 0. The summed E-state index contributed by atoms with van der Waals surface area (Å²) in [7, 11) is 0. The summed E-state index contributed by atoms with van der Waals surface area (Å²) in [5.74, 6) is 1.47. The van der Waals surface area contributed by atoms with Crippen molar-refractivity contribution >= 4 is 0 Å². The third-order valence-electron chi connectivity index (χ3n) is 4.06. The summed E-state index contributed by atoms with van der Waals surface area (Å²) in [5, 5.41) is 4.51. The van der Waals surface area contributed by atoms with Crippen molar-refractivity contribution in [1.29, 1.82) is 0 Å². The molecular formula is C14H25N3. The Kier molecular flexibility index (Phi) is 3.87. The summed E-state index contributed by atoms with van der Waals surface area (Å²) in [6.07, 6.45) is 4.85. The van der Waals surface area contributed by atoms with E-state index in [9.17, 15) is 0 Å². The van der Waals surface area contributed by atoms with Gasteiger partial charge in [-0.1, -0.05) is 6.92 Å². The summed E-state index contributed by atoms with van der Waals surface area (Å²) < 4.78 is 2.13. The summed E-state index contributed by atoms with van der Waals surface area (Å²) in [6, 6.07) is 2.60. The number of hydrogen-bond donors (Lipinski definition) is 1. The SMILES string of the molecule is CCn1nc(C)cc1CC1CC(C)CCC1N. The van der Waals surface area contributed by atoms with Crippen LogP contribution in [0.1, 0.15) is 44.5 Å². The maximum atomic E-state index is 6.26. The molecule has 1 heterocycles. The molecule has 3 nitrogen and oxygen atoms in total. The molecule has 96 valence electrons. The lowest BCUT2D eigenvalue weighted by molar-refractivity contribution is 0.241. The highest BCUT2D eigenvalue weighted by atomic mass is 15.3. The molecule has 0 aliphatic heterocycles. The van der Waals surface area contributed by atoms with E-state index in [0.717, 1.165) is 24.6 Å². The largest absolute Gasteiger partial charge is 0.327 e. The van der Waals surface area contributed by atoms with E-state index in [1.54, 1.807) is 0 Å². The highest BCUT2D eigenvalue weighted by molar-refractivity contribution is 5.10. The van der Waals surface area contributed by atoms with Crippen molar-refractivity contribution in [3.63, 3.8) is 0 Å². The Morgan fingerprint density at radius 3 is 2.94 bits per heavy atom. The van der Waals surface area contributed by atoms with E-state index in [4.69, 9.17) is 5.73 Å². The Morgan fingerprint density at radius 1 is 1.47 bits per heavy atom. The molecule has 0 spiro atoms. The van der Waals surface area contributed by atoms with Gasteiger partial charge in [-0.2, -0.15) is 5.10 Å². The molecule has 3 unspecified atom stereocenters. The molecule has 1 aliphatic carbocycles. The molecule has 0 radical (unpaired) electrons. The van der Waals surface area contributed by atoms with Crippen molar-refractivity contribution in [2.75, 3.05) is 0 Å². The molecule has 0 amide bonds. The Labute approximate surface area is 104 Å². The van der Waals surface area contributed by atoms with Crippen molar-refractivity contribution < 1.29 is 0 Å². The predicted octanol–water partition coefficient (Wildman–Crippen LogP) is 2.52. The Hall–Kier alpha value is -0.830. The van der Waals surface area contributed by atoms with E-state index in [1.165, 1.54) is 25.0 Å². The highest BCUT2D eigenvalue weighted by Crippen LogP contribution is 2.30. The first-order valence-corrected chi connectivity index (χ1v) is 6.89. The van der Waals surface area contributed by atoms with Crippen LogP contribution in [0, 0.1) is 18.8 Å². The molecule has 1 saturated carbocycles. The van der Waals surface area contributed by atoms with Crippen LogP contribution in [0.5, 0.6) is 0 Å². The lowest BCUT2D eigenvalue weighted by Gasteiger charge is -2.32. The lowest BCUT2D eigenvalue weighted by atomic mass is 9.77. The van der Waals surface area contributed by atoms with E-state index in [0.29, 0.717) is 12.0 Å². The zero-order chi connectivity index (χ0) is 12.4. The highest BCUT2D eigenvalue weighted by Gasteiger charge is 2.26. The molecule has 17 heavy (non-hydrogen) atoms. The molecule has 1 aliphatic rings. The number of rotatable bonds is 3. The molecule has 0 saturated heterocycles. The average molecular weight is 235 g/mol. The first-order valence-electron chi connectivity index (χ1n) is 6.89. The minimum atomic E-state index is 0.381. The fraction of sp³-hybridized carbons (Fsp3) is 0.786. The van der Waals surface area contributed by atoms with E-state index in [1.807, 2.05) is 0 Å².